The predicted octanol–water partition coefficient (Wildman–Crippen LogP) is 2.20. The highest BCUT2D eigenvalue weighted by molar-refractivity contribution is 5.50. The second-order valence-corrected chi connectivity index (χ2v) is 4.90. The molecule has 0 saturated heterocycles. The molecule has 20 heavy (non-hydrogen) atoms. The van der Waals surface area contributed by atoms with Crippen LogP contribution in [0.25, 0.3) is 5.65 Å². The highest BCUT2D eigenvalue weighted by Gasteiger charge is 2.11. The molecule has 3 aromatic heterocycles. The zero-order valence-electron chi connectivity index (χ0n) is 11.9. The van der Waals surface area contributed by atoms with Crippen LogP contribution < -0.4 is 5.32 Å². The summed E-state index contributed by atoms with van der Waals surface area (Å²) in [6, 6.07) is 4.12. The molecule has 0 aliphatic rings. The molecule has 3 rings (SSSR count). The third kappa shape index (κ3) is 2.24. The molecular formula is C14H18N6. The Hall–Kier alpha value is -2.37. The minimum Gasteiger partial charge on any atom is -0.363 e. The van der Waals surface area contributed by atoms with E-state index in [1.54, 1.807) is 10.9 Å². The molecule has 0 saturated carbocycles. The van der Waals surface area contributed by atoms with Crippen molar-refractivity contribution in [3.8, 4) is 0 Å². The van der Waals surface area contributed by atoms with E-state index in [0.717, 1.165) is 29.1 Å². The number of fused-ring (bicyclic) bond motifs is 1. The zero-order valence-corrected chi connectivity index (χ0v) is 11.9. The van der Waals surface area contributed by atoms with Gasteiger partial charge in [0.25, 0.3) is 0 Å². The van der Waals surface area contributed by atoms with Crippen LogP contribution in [-0.4, -0.2) is 24.4 Å². The summed E-state index contributed by atoms with van der Waals surface area (Å²) in [7, 11) is 1.92. The van der Waals surface area contributed by atoms with Gasteiger partial charge >= 0.3 is 0 Å². The number of aryl methyl sites for hydroxylation is 2. The van der Waals surface area contributed by atoms with Crippen LogP contribution in [0.3, 0.4) is 0 Å². The normalized spacial score (nSPS) is 12.8. The molecular weight excluding hydrogens is 252 g/mol. The number of anilines is 1. The van der Waals surface area contributed by atoms with Crippen molar-refractivity contribution in [3.05, 3.63) is 42.0 Å². The lowest BCUT2D eigenvalue weighted by atomic mass is 10.2. The van der Waals surface area contributed by atoms with Gasteiger partial charge in [-0.2, -0.15) is 14.7 Å². The van der Waals surface area contributed by atoms with Crippen molar-refractivity contribution < 1.29 is 0 Å². The summed E-state index contributed by atoms with van der Waals surface area (Å²) in [6.07, 6.45) is 6.55. The minimum absolute atomic E-state index is 0.156. The molecule has 104 valence electrons. The van der Waals surface area contributed by atoms with Gasteiger partial charge in [-0.3, -0.25) is 4.68 Å². The number of nitrogens with zero attached hydrogens (tertiary/aromatic N) is 5. The Balaban J connectivity index is 1.95. The molecule has 6 nitrogen and oxygen atoms in total. The Morgan fingerprint density at radius 2 is 2.20 bits per heavy atom. The average molecular weight is 270 g/mol. The monoisotopic (exact) mass is 270 g/mol. The van der Waals surface area contributed by atoms with E-state index in [0.29, 0.717) is 0 Å². The number of hydrogen-bond donors (Lipinski definition) is 1. The van der Waals surface area contributed by atoms with Crippen molar-refractivity contribution in [2.45, 2.75) is 26.3 Å². The van der Waals surface area contributed by atoms with Crippen molar-refractivity contribution in [3.63, 3.8) is 0 Å². The molecule has 0 amide bonds. The standard InChI is InChI=1S/C14H18N6/c1-4-12-7-14(20-13(18-12)5-6-15-20)17-10(2)11-8-16-19(3)9-11/h5-10,17H,4H2,1-3H3/t10-/m1/s1. The Labute approximate surface area is 117 Å². The molecule has 3 aromatic rings. The van der Waals surface area contributed by atoms with Crippen LogP contribution in [0, 0.1) is 0 Å². The first-order chi connectivity index (χ1) is 9.67. The van der Waals surface area contributed by atoms with Gasteiger partial charge in [-0.25, -0.2) is 4.98 Å². The first-order valence-corrected chi connectivity index (χ1v) is 6.76. The van der Waals surface area contributed by atoms with E-state index in [9.17, 15) is 0 Å². The number of nitrogens with one attached hydrogen (secondary N) is 1. The predicted molar refractivity (Wildman–Crippen MR) is 77.6 cm³/mol. The van der Waals surface area contributed by atoms with Crippen LogP contribution in [-0.2, 0) is 13.5 Å². The third-order valence-corrected chi connectivity index (χ3v) is 3.36. The topological polar surface area (TPSA) is 60.0 Å². The second kappa shape index (κ2) is 4.96. The van der Waals surface area contributed by atoms with Crippen LogP contribution in [0.5, 0.6) is 0 Å². The van der Waals surface area contributed by atoms with E-state index < -0.39 is 0 Å². The van der Waals surface area contributed by atoms with Crippen LogP contribution in [0.2, 0.25) is 0 Å². The summed E-state index contributed by atoms with van der Waals surface area (Å²) in [5.41, 5.74) is 3.06. The van der Waals surface area contributed by atoms with Gasteiger partial charge in [0.15, 0.2) is 5.65 Å². The van der Waals surface area contributed by atoms with Crippen LogP contribution >= 0.6 is 0 Å². The quantitative estimate of drug-likeness (QED) is 0.789. The lowest BCUT2D eigenvalue weighted by molar-refractivity contribution is 0.764. The lowest BCUT2D eigenvalue weighted by Crippen LogP contribution is -2.11. The Morgan fingerprint density at radius 1 is 1.35 bits per heavy atom. The molecule has 0 aromatic carbocycles. The van der Waals surface area contributed by atoms with Crippen molar-refractivity contribution >= 4 is 11.5 Å². The van der Waals surface area contributed by atoms with Crippen LogP contribution in [0.4, 0.5) is 5.82 Å². The molecule has 0 fully saturated rings. The Bertz CT molecular complexity index is 726. The van der Waals surface area contributed by atoms with E-state index >= 15 is 0 Å². The van der Waals surface area contributed by atoms with Crippen molar-refractivity contribution in [1.82, 2.24) is 24.4 Å². The summed E-state index contributed by atoms with van der Waals surface area (Å²) in [5.74, 6) is 0.952. The molecule has 0 spiro atoms. The van der Waals surface area contributed by atoms with Gasteiger partial charge in [0.2, 0.25) is 0 Å². The summed E-state index contributed by atoms with van der Waals surface area (Å²) >= 11 is 0. The fraction of sp³-hybridized carbons (Fsp3) is 0.357. The smallest absolute Gasteiger partial charge is 0.157 e. The third-order valence-electron chi connectivity index (χ3n) is 3.36. The van der Waals surface area contributed by atoms with E-state index in [1.807, 2.05) is 36.1 Å². The van der Waals surface area contributed by atoms with Gasteiger partial charge in [0.1, 0.15) is 5.82 Å². The molecule has 0 aliphatic heterocycles. The molecule has 6 heteroatoms. The maximum absolute atomic E-state index is 4.54. The van der Waals surface area contributed by atoms with Crippen molar-refractivity contribution in [2.24, 2.45) is 7.05 Å². The van der Waals surface area contributed by atoms with Crippen molar-refractivity contribution in [2.75, 3.05) is 5.32 Å². The zero-order chi connectivity index (χ0) is 14.1. The molecule has 0 unspecified atom stereocenters. The number of rotatable bonds is 4. The van der Waals surface area contributed by atoms with Crippen LogP contribution in [0.15, 0.2) is 30.7 Å². The second-order valence-electron chi connectivity index (χ2n) is 4.90. The Kier molecular flexibility index (Phi) is 3.14. The lowest BCUT2D eigenvalue weighted by Gasteiger charge is -2.15. The summed E-state index contributed by atoms with van der Waals surface area (Å²) in [6.45, 7) is 4.21. The van der Waals surface area contributed by atoms with E-state index in [1.165, 1.54) is 0 Å². The fourth-order valence-corrected chi connectivity index (χ4v) is 2.22. The van der Waals surface area contributed by atoms with E-state index in [-0.39, 0.29) is 6.04 Å². The summed E-state index contributed by atoms with van der Waals surface area (Å²) < 4.78 is 3.63. The number of hydrogen-bond acceptors (Lipinski definition) is 4. The van der Waals surface area contributed by atoms with Gasteiger partial charge in [-0.05, 0) is 13.3 Å². The van der Waals surface area contributed by atoms with Crippen LogP contribution in [0.1, 0.15) is 31.1 Å². The highest BCUT2D eigenvalue weighted by atomic mass is 15.3. The molecule has 0 radical (unpaired) electrons. The maximum Gasteiger partial charge on any atom is 0.157 e. The summed E-state index contributed by atoms with van der Waals surface area (Å²) in [5, 5.41) is 12.0. The van der Waals surface area contributed by atoms with Gasteiger partial charge in [-0.15, -0.1) is 0 Å². The molecule has 3 heterocycles. The van der Waals surface area contributed by atoms with E-state index in [4.69, 9.17) is 0 Å². The molecule has 1 atom stereocenters. The first kappa shape index (κ1) is 12.7. The molecule has 0 aliphatic carbocycles. The highest BCUT2D eigenvalue weighted by Crippen LogP contribution is 2.20. The Morgan fingerprint density at radius 3 is 2.90 bits per heavy atom. The molecule has 1 N–H and O–H groups in total. The van der Waals surface area contributed by atoms with E-state index in [2.05, 4.69) is 34.3 Å². The minimum atomic E-state index is 0.156. The molecule has 0 bridgehead atoms. The largest absolute Gasteiger partial charge is 0.363 e. The van der Waals surface area contributed by atoms with Gasteiger partial charge in [-0.1, -0.05) is 6.92 Å². The average Bonchev–Trinajstić information content (AvgIpc) is 3.06. The maximum atomic E-state index is 4.54. The van der Waals surface area contributed by atoms with Crippen molar-refractivity contribution in [1.29, 1.82) is 0 Å². The SMILES string of the molecule is CCc1cc(N[C@H](C)c2cnn(C)c2)n2nccc2n1. The first-order valence-electron chi connectivity index (χ1n) is 6.76. The van der Waals surface area contributed by atoms with Gasteiger partial charge < -0.3 is 5.32 Å². The van der Waals surface area contributed by atoms with Gasteiger partial charge in [0.05, 0.1) is 18.4 Å². The van der Waals surface area contributed by atoms with Gasteiger partial charge in [0, 0.05) is 36.6 Å². The fourth-order valence-electron chi connectivity index (χ4n) is 2.22. The summed E-state index contributed by atoms with van der Waals surface area (Å²) in [4.78, 5) is 4.54. The number of aromatic nitrogens is 5.